The first-order valence-electron chi connectivity index (χ1n) is 11.1. The molecule has 31 heavy (non-hydrogen) atoms. The van der Waals surface area contributed by atoms with Gasteiger partial charge in [-0.15, -0.1) is 0 Å². The van der Waals surface area contributed by atoms with Gasteiger partial charge in [0.2, 0.25) is 5.91 Å². The molecule has 0 unspecified atom stereocenters. The van der Waals surface area contributed by atoms with E-state index in [0.717, 1.165) is 18.5 Å². The standard InChI is InChI=1S/C21H29ClN4O4S/c22-17-1-3-18(4-2-17)23-11-13-25(14-12-23)31(28,29)24-9-7-21(8-10-24)16-26(19-5-6-19)20(27)15-30-21/h1-4,19H,5-16H2. The molecule has 1 amide bonds. The molecule has 10 heteroatoms. The maximum absolute atomic E-state index is 13.2. The lowest BCUT2D eigenvalue weighted by Gasteiger charge is -2.47. The predicted octanol–water partition coefficient (Wildman–Crippen LogP) is 1.56. The van der Waals surface area contributed by atoms with Crippen molar-refractivity contribution in [2.75, 3.05) is 57.3 Å². The molecular weight excluding hydrogens is 440 g/mol. The van der Waals surface area contributed by atoms with Crippen molar-refractivity contribution in [2.45, 2.75) is 37.3 Å². The third-order valence-electron chi connectivity index (χ3n) is 6.98. The smallest absolute Gasteiger partial charge is 0.282 e. The molecule has 4 fully saturated rings. The van der Waals surface area contributed by atoms with Crippen LogP contribution in [0.1, 0.15) is 25.7 Å². The monoisotopic (exact) mass is 468 g/mol. The molecule has 3 heterocycles. The fourth-order valence-electron chi connectivity index (χ4n) is 4.88. The molecule has 0 radical (unpaired) electrons. The fraction of sp³-hybridized carbons (Fsp3) is 0.667. The van der Waals surface area contributed by atoms with Crippen LogP contribution >= 0.6 is 11.6 Å². The summed E-state index contributed by atoms with van der Waals surface area (Å²) in [5.74, 6) is 0.0711. The quantitative estimate of drug-likeness (QED) is 0.670. The van der Waals surface area contributed by atoms with Gasteiger partial charge in [-0.2, -0.15) is 17.0 Å². The highest BCUT2D eigenvalue weighted by molar-refractivity contribution is 7.86. The lowest BCUT2D eigenvalue weighted by molar-refractivity contribution is -0.170. The van der Waals surface area contributed by atoms with Crippen molar-refractivity contribution in [2.24, 2.45) is 0 Å². The molecule has 1 aromatic rings. The van der Waals surface area contributed by atoms with Gasteiger partial charge in [0.05, 0.1) is 12.1 Å². The topological polar surface area (TPSA) is 73.4 Å². The highest BCUT2D eigenvalue weighted by Crippen LogP contribution is 2.37. The minimum absolute atomic E-state index is 0.0711. The number of morpholine rings is 1. The van der Waals surface area contributed by atoms with E-state index in [0.29, 0.717) is 69.7 Å². The van der Waals surface area contributed by atoms with Crippen LogP contribution in [0.5, 0.6) is 0 Å². The van der Waals surface area contributed by atoms with E-state index in [2.05, 4.69) is 4.90 Å². The lowest BCUT2D eigenvalue weighted by atomic mass is 9.90. The SMILES string of the molecule is O=C1COC2(CCN(S(=O)(=O)N3CCN(c4ccc(Cl)cc4)CC3)CC2)CN1C1CC1. The van der Waals surface area contributed by atoms with Gasteiger partial charge in [-0.25, -0.2) is 0 Å². The Labute approximate surface area is 188 Å². The van der Waals surface area contributed by atoms with Crippen molar-refractivity contribution in [3.63, 3.8) is 0 Å². The molecule has 0 aromatic heterocycles. The van der Waals surface area contributed by atoms with Gasteiger partial charge in [-0.1, -0.05) is 11.6 Å². The van der Waals surface area contributed by atoms with E-state index in [4.69, 9.17) is 16.3 Å². The summed E-state index contributed by atoms with van der Waals surface area (Å²) in [4.78, 5) is 16.3. The average molecular weight is 469 g/mol. The minimum atomic E-state index is -3.50. The van der Waals surface area contributed by atoms with Crippen LogP contribution in [0.15, 0.2) is 24.3 Å². The van der Waals surface area contributed by atoms with Crippen LogP contribution in [0.3, 0.4) is 0 Å². The number of piperidine rings is 1. The van der Waals surface area contributed by atoms with Crippen molar-refractivity contribution in [3.05, 3.63) is 29.3 Å². The van der Waals surface area contributed by atoms with Crippen LogP contribution in [0.25, 0.3) is 0 Å². The largest absolute Gasteiger partial charge is 0.369 e. The highest BCUT2D eigenvalue weighted by atomic mass is 35.5. The van der Waals surface area contributed by atoms with Crippen molar-refractivity contribution in [3.8, 4) is 0 Å². The third-order valence-corrected chi connectivity index (χ3v) is 9.27. The van der Waals surface area contributed by atoms with Crippen molar-refractivity contribution < 1.29 is 17.9 Å². The summed E-state index contributed by atoms with van der Waals surface area (Å²) in [5, 5.41) is 0.694. The Bertz CT molecular complexity index is 921. The van der Waals surface area contributed by atoms with Crippen molar-refractivity contribution in [1.29, 1.82) is 0 Å². The van der Waals surface area contributed by atoms with Crippen LogP contribution in [0, 0.1) is 0 Å². The lowest BCUT2D eigenvalue weighted by Crippen LogP contribution is -2.61. The summed E-state index contributed by atoms with van der Waals surface area (Å²) >= 11 is 5.97. The normalized spacial score (nSPS) is 25.9. The second-order valence-electron chi connectivity index (χ2n) is 8.99. The fourth-order valence-corrected chi connectivity index (χ4v) is 6.60. The number of piperazine rings is 1. The highest BCUT2D eigenvalue weighted by Gasteiger charge is 2.48. The zero-order valence-electron chi connectivity index (χ0n) is 17.6. The molecule has 1 aliphatic carbocycles. The summed E-state index contributed by atoms with van der Waals surface area (Å²) in [7, 11) is -3.50. The first-order valence-corrected chi connectivity index (χ1v) is 12.8. The molecule has 0 N–H and O–H groups in total. The molecule has 5 rings (SSSR count). The Kier molecular flexibility index (Phi) is 5.67. The molecular formula is C21H29ClN4O4S. The van der Waals surface area contributed by atoms with E-state index in [9.17, 15) is 13.2 Å². The molecule has 1 spiro atoms. The number of carbonyl (C=O) groups is 1. The minimum Gasteiger partial charge on any atom is -0.369 e. The number of benzene rings is 1. The van der Waals surface area contributed by atoms with Crippen LogP contribution in [0.2, 0.25) is 5.02 Å². The zero-order valence-corrected chi connectivity index (χ0v) is 19.2. The number of carbonyl (C=O) groups excluding carboxylic acids is 1. The number of ether oxygens (including phenoxy) is 1. The molecule has 3 aliphatic heterocycles. The molecule has 4 aliphatic rings. The van der Waals surface area contributed by atoms with Gasteiger partial charge in [0, 0.05) is 56.0 Å². The summed E-state index contributed by atoms with van der Waals surface area (Å²) < 4.78 is 35.6. The van der Waals surface area contributed by atoms with E-state index in [-0.39, 0.29) is 12.5 Å². The van der Waals surface area contributed by atoms with Crippen LogP contribution in [0.4, 0.5) is 5.69 Å². The second-order valence-corrected chi connectivity index (χ2v) is 11.4. The van der Waals surface area contributed by atoms with Gasteiger partial charge < -0.3 is 14.5 Å². The number of hydrogen-bond acceptors (Lipinski definition) is 5. The van der Waals surface area contributed by atoms with E-state index in [1.54, 1.807) is 8.61 Å². The van der Waals surface area contributed by atoms with E-state index < -0.39 is 15.8 Å². The van der Waals surface area contributed by atoms with E-state index in [1.165, 1.54) is 0 Å². The van der Waals surface area contributed by atoms with Crippen molar-refractivity contribution in [1.82, 2.24) is 13.5 Å². The Morgan fingerprint density at radius 1 is 0.935 bits per heavy atom. The predicted molar refractivity (Wildman–Crippen MR) is 118 cm³/mol. The first kappa shape index (κ1) is 21.5. The molecule has 170 valence electrons. The summed E-state index contributed by atoms with van der Waals surface area (Å²) in [6, 6.07) is 8.02. The Balaban J connectivity index is 1.18. The van der Waals surface area contributed by atoms with Crippen molar-refractivity contribution >= 4 is 33.4 Å². The average Bonchev–Trinajstić information content (AvgIpc) is 3.62. The number of halogens is 1. The second kappa shape index (κ2) is 8.19. The van der Waals surface area contributed by atoms with Gasteiger partial charge in [0.25, 0.3) is 10.2 Å². The Hall–Kier alpha value is -1.39. The molecule has 1 aromatic carbocycles. The van der Waals surface area contributed by atoms with Gasteiger partial charge in [-0.3, -0.25) is 4.79 Å². The van der Waals surface area contributed by atoms with Gasteiger partial charge >= 0.3 is 0 Å². The zero-order chi connectivity index (χ0) is 21.6. The summed E-state index contributed by atoms with van der Waals surface area (Å²) in [6.07, 6.45) is 3.41. The number of anilines is 1. The van der Waals surface area contributed by atoms with Crippen LogP contribution in [-0.2, 0) is 19.7 Å². The summed E-state index contributed by atoms with van der Waals surface area (Å²) in [6.45, 7) is 3.83. The third kappa shape index (κ3) is 4.30. The number of hydrogen-bond donors (Lipinski definition) is 0. The van der Waals surface area contributed by atoms with E-state index >= 15 is 0 Å². The van der Waals surface area contributed by atoms with Gasteiger partial charge in [-0.05, 0) is 49.9 Å². The molecule has 8 nitrogen and oxygen atoms in total. The van der Waals surface area contributed by atoms with Crippen LogP contribution in [-0.4, -0.2) is 91.9 Å². The van der Waals surface area contributed by atoms with Gasteiger partial charge in [0.1, 0.15) is 6.61 Å². The number of amides is 1. The maximum Gasteiger partial charge on any atom is 0.282 e. The Morgan fingerprint density at radius 3 is 2.16 bits per heavy atom. The van der Waals surface area contributed by atoms with E-state index in [1.807, 2.05) is 29.2 Å². The Morgan fingerprint density at radius 2 is 1.55 bits per heavy atom. The van der Waals surface area contributed by atoms with Gasteiger partial charge in [0.15, 0.2) is 0 Å². The number of nitrogens with zero attached hydrogens (tertiary/aromatic N) is 4. The molecule has 0 atom stereocenters. The van der Waals surface area contributed by atoms with Crippen LogP contribution < -0.4 is 4.90 Å². The molecule has 1 saturated carbocycles. The first-order chi connectivity index (χ1) is 14.9. The molecule has 3 saturated heterocycles. The number of rotatable bonds is 4. The maximum atomic E-state index is 13.2. The molecule has 0 bridgehead atoms. The summed E-state index contributed by atoms with van der Waals surface area (Å²) in [5.41, 5.74) is 0.668.